The van der Waals surface area contributed by atoms with Crippen LogP contribution < -0.4 is 5.63 Å². The van der Waals surface area contributed by atoms with Crippen molar-refractivity contribution < 1.29 is 13.6 Å². The van der Waals surface area contributed by atoms with Crippen molar-refractivity contribution >= 4 is 28.5 Å². The van der Waals surface area contributed by atoms with Crippen LogP contribution in [0.2, 0.25) is 5.02 Å². The van der Waals surface area contributed by atoms with Crippen molar-refractivity contribution in [3.63, 3.8) is 0 Å². The molecule has 0 aliphatic carbocycles. The second kappa shape index (κ2) is 6.45. The molecule has 0 atom stereocenters. The number of halogens is 2. The smallest absolute Gasteiger partial charge is 0.349 e. The first kappa shape index (κ1) is 16.2. The quantitative estimate of drug-likeness (QED) is 0.677. The lowest BCUT2D eigenvalue weighted by molar-refractivity contribution is 0.0780. The zero-order valence-corrected chi connectivity index (χ0v) is 13.5. The Hall–Kier alpha value is -2.66. The van der Waals surface area contributed by atoms with E-state index in [2.05, 4.69) is 0 Å². The molecule has 0 saturated heterocycles. The molecule has 6 heteroatoms. The minimum absolute atomic E-state index is 0.0589. The molecular weight excluding hydrogens is 333 g/mol. The van der Waals surface area contributed by atoms with Crippen molar-refractivity contribution in [3.05, 3.63) is 80.9 Å². The monoisotopic (exact) mass is 345 g/mol. The number of amides is 1. The van der Waals surface area contributed by atoms with E-state index in [0.717, 1.165) is 0 Å². The van der Waals surface area contributed by atoms with Gasteiger partial charge >= 0.3 is 5.63 Å². The maximum Gasteiger partial charge on any atom is 0.349 e. The number of hydrogen-bond donors (Lipinski definition) is 0. The Morgan fingerprint density at radius 1 is 1.21 bits per heavy atom. The molecule has 4 nitrogen and oxygen atoms in total. The fourth-order valence-electron chi connectivity index (χ4n) is 2.41. The van der Waals surface area contributed by atoms with E-state index in [1.807, 2.05) is 0 Å². The van der Waals surface area contributed by atoms with Crippen LogP contribution in [0.4, 0.5) is 4.39 Å². The van der Waals surface area contributed by atoms with Gasteiger partial charge in [-0.3, -0.25) is 4.79 Å². The first-order valence-corrected chi connectivity index (χ1v) is 7.56. The van der Waals surface area contributed by atoms with Crippen LogP contribution in [0, 0.1) is 5.82 Å². The molecule has 0 N–H and O–H groups in total. The number of para-hydroxylation sites is 1. The molecule has 3 aromatic rings. The number of rotatable bonds is 3. The van der Waals surface area contributed by atoms with Crippen molar-refractivity contribution in [1.82, 2.24) is 4.90 Å². The SMILES string of the molecule is CN(Cc1c(F)cccc1Cl)C(=O)c1cc2ccccc2oc1=O. The van der Waals surface area contributed by atoms with Gasteiger partial charge in [0.2, 0.25) is 0 Å². The summed E-state index contributed by atoms with van der Waals surface area (Å²) in [4.78, 5) is 25.8. The lowest BCUT2D eigenvalue weighted by Gasteiger charge is -2.18. The number of benzene rings is 2. The summed E-state index contributed by atoms with van der Waals surface area (Å²) in [5.41, 5.74) is -0.243. The van der Waals surface area contributed by atoms with Gasteiger partial charge in [-0.25, -0.2) is 9.18 Å². The fourth-order valence-corrected chi connectivity index (χ4v) is 2.63. The lowest BCUT2D eigenvalue weighted by Crippen LogP contribution is -2.30. The zero-order valence-electron chi connectivity index (χ0n) is 12.8. The summed E-state index contributed by atoms with van der Waals surface area (Å²) in [6.07, 6.45) is 0. The van der Waals surface area contributed by atoms with Crippen LogP contribution in [0.1, 0.15) is 15.9 Å². The average molecular weight is 346 g/mol. The van der Waals surface area contributed by atoms with E-state index in [1.54, 1.807) is 30.3 Å². The van der Waals surface area contributed by atoms with E-state index >= 15 is 0 Å². The van der Waals surface area contributed by atoms with Gasteiger partial charge in [0.15, 0.2) is 0 Å². The Kier molecular flexibility index (Phi) is 4.36. The molecule has 1 aromatic heterocycles. The van der Waals surface area contributed by atoms with Gasteiger partial charge in [-0.2, -0.15) is 0 Å². The maximum absolute atomic E-state index is 13.9. The summed E-state index contributed by atoms with van der Waals surface area (Å²) in [6, 6.07) is 12.7. The molecule has 0 saturated carbocycles. The van der Waals surface area contributed by atoms with Gasteiger partial charge in [-0.15, -0.1) is 0 Å². The average Bonchev–Trinajstić information content (AvgIpc) is 2.57. The zero-order chi connectivity index (χ0) is 17.3. The molecule has 0 radical (unpaired) electrons. The van der Waals surface area contributed by atoms with Gasteiger partial charge in [0, 0.05) is 29.6 Å². The fraction of sp³-hybridized carbons (Fsp3) is 0.111. The van der Waals surface area contributed by atoms with E-state index in [-0.39, 0.29) is 22.7 Å². The summed E-state index contributed by atoms with van der Waals surface area (Å²) in [6.45, 7) is -0.0589. The van der Waals surface area contributed by atoms with Gasteiger partial charge in [0.1, 0.15) is 17.0 Å². The highest BCUT2D eigenvalue weighted by Crippen LogP contribution is 2.21. The third kappa shape index (κ3) is 3.03. The highest BCUT2D eigenvalue weighted by atomic mass is 35.5. The van der Waals surface area contributed by atoms with Gasteiger partial charge in [0.25, 0.3) is 5.91 Å². The van der Waals surface area contributed by atoms with Gasteiger partial charge in [-0.05, 0) is 24.3 Å². The highest BCUT2D eigenvalue weighted by molar-refractivity contribution is 6.31. The van der Waals surface area contributed by atoms with Crippen LogP contribution in [0.15, 0.2) is 57.7 Å². The molecular formula is C18H13ClFNO3. The standard InChI is InChI=1S/C18H13ClFNO3/c1-21(10-13-14(19)6-4-7-15(13)20)17(22)12-9-11-5-2-3-8-16(11)24-18(12)23/h2-9H,10H2,1H3. The number of carbonyl (C=O) groups excluding carboxylic acids is 1. The van der Waals surface area contributed by atoms with Crippen LogP contribution >= 0.6 is 11.6 Å². The Labute approximate surface area is 142 Å². The third-order valence-electron chi connectivity index (χ3n) is 3.68. The van der Waals surface area contributed by atoms with E-state index in [4.69, 9.17) is 16.0 Å². The summed E-state index contributed by atoms with van der Waals surface area (Å²) < 4.78 is 19.0. The minimum Gasteiger partial charge on any atom is -0.422 e. The topological polar surface area (TPSA) is 50.5 Å². The molecule has 2 aromatic carbocycles. The molecule has 0 aliphatic rings. The Bertz CT molecular complexity index is 963. The largest absolute Gasteiger partial charge is 0.422 e. The number of fused-ring (bicyclic) bond motifs is 1. The van der Waals surface area contributed by atoms with Crippen LogP contribution in [-0.4, -0.2) is 17.9 Å². The summed E-state index contributed by atoms with van der Waals surface area (Å²) in [5, 5.41) is 0.859. The highest BCUT2D eigenvalue weighted by Gasteiger charge is 2.20. The van der Waals surface area contributed by atoms with E-state index in [1.165, 1.54) is 30.1 Å². The predicted molar refractivity (Wildman–Crippen MR) is 89.7 cm³/mol. The van der Waals surface area contributed by atoms with Gasteiger partial charge < -0.3 is 9.32 Å². The van der Waals surface area contributed by atoms with Crippen molar-refractivity contribution in [2.45, 2.75) is 6.54 Å². The molecule has 1 heterocycles. The van der Waals surface area contributed by atoms with E-state index in [9.17, 15) is 14.0 Å². The van der Waals surface area contributed by atoms with Crippen molar-refractivity contribution in [2.75, 3.05) is 7.05 Å². The predicted octanol–water partition coefficient (Wildman–Crippen LogP) is 3.86. The first-order chi connectivity index (χ1) is 11.5. The Balaban J connectivity index is 1.94. The second-order valence-electron chi connectivity index (χ2n) is 5.35. The molecule has 1 amide bonds. The molecule has 0 fully saturated rings. The molecule has 122 valence electrons. The summed E-state index contributed by atoms with van der Waals surface area (Å²) >= 11 is 5.98. The molecule has 3 rings (SSSR count). The number of nitrogens with zero attached hydrogens (tertiary/aromatic N) is 1. The Morgan fingerprint density at radius 3 is 2.71 bits per heavy atom. The normalized spacial score (nSPS) is 10.8. The molecule has 0 bridgehead atoms. The number of hydrogen-bond acceptors (Lipinski definition) is 3. The second-order valence-corrected chi connectivity index (χ2v) is 5.75. The lowest BCUT2D eigenvalue weighted by atomic mass is 10.1. The molecule has 0 aliphatic heterocycles. The van der Waals surface area contributed by atoms with E-state index < -0.39 is 17.3 Å². The summed E-state index contributed by atoms with van der Waals surface area (Å²) in [7, 11) is 1.47. The van der Waals surface area contributed by atoms with E-state index in [0.29, 0.717) is 11.0 Å². The van der Waals surface area contributed by atoms with Crippen molar-refractivity contribution in [1.29, 1.82) is 0 Å². The minimum atomic E-state index is -0.731. The van der Waals surface area contributed by atoms with Crippen molar-refractivity contribution in [2.24, 2.45) is 0 Å². The van der Waals surface area contributed by atoms with Crippen molar-refractivity contribution in [3.8, 4) is 0 Å². The van der Waals surface area contributed by atoms with Gasteiger partial charge in [0.05, 0.1) is 0 Å². The van der Waals surface area contributed by atoms with Gasteiger partial charge in [-0.1, -0.05) is 35.9 Å². The number of carbonyl (C=O) groups is 1. The van der Waals surface area contributed by atoms with Crippen LogP contribution in [-0.2, 0) is 6.54 Å². The van der Waals surface area contributed by atoms with Crippen LogP contribution in [0.5, 0.6) is 0 Å². The first-order valence-electron chi connectivity index (χ1n) is 7.18. The third-order valence-corrected chi connectivity index (χ3v) is 4.03. The molecule has 0 spiro atoms. The molecule has 24 heavy (non-hydrogen) atoms. The summed E-state index contributed by atoms with van der Waals surface area (Å²) in [5.74, 6) is -1.07. The molecule has 0 unspecified atom stereocenters. The van der Waals surface area contributed by atoms with Crippen LogP contribution in [0.3, 0.4) is 0 Å². The Morgan fingerprint density at radius 2 is 1.96 bits per heavy atom. The maximum atomic E-state index is 13.9. The van der Waals surface area contributed by atoms with Crippen LogP contribution in [0.25, 0.3) is 11.0 Å².